The molecule has 20 heteroatoms. The van der Waals surface area contributed by atoms with E-state index in [0.29, 0.717) is 22.3 Å². The van der Waals surface area contributed by atoms with Gasteiger partial charge in [0.25, 0.3) is 0 Å². The minimum absolute atomic E-state index is 0.0179. The molecule has 0 unspecified atom stereocenters. The Morgan fingerprint density at radius 3 is 0.797 bits per heavy atom. The van der Waals surface area contributed by atoms with Gasteiger partial charge in [0, 0.05) is 12.8 Å². The highest BCUT2D eigenvalue weighted by Crippen LogP contribution is 2.41. The van der Waals surface area contributed by atoms with Crippen molar-refractivity contribution in [2.75, 3.05) is 28.4 Å². The Kier molecular flexibility index (Phi) is 18.2. The van der Waals surface area contributed by atoms with E-state index in [-0.39, 0.29) is 51.4 Å². The first-order chi connectivity index (χ1) is 30.1. The second-order valence-electron chi connectivity index (χ2n) is 14.8. The molecule has 0 saturated heterocycles. The van der Waals surface area contributed by atoms with E-state index >= 15 is 0 Å². The van der Waals surface area contributed by atoms with Crippen LogP contribution in [0.3, 0.4) is 0 Å². The van der Waals surface area contributed by atoms with Gasteiger partial charge in [-0.05, 0) is 121 Å². The Hall–Kier alpha value is -7.64. The lowest BCUT2D eigenvalue weighted by Gasteiger charge is -2.26. The number of carbonyl (C=O) groups excluding carboxylic acids is 4. The molecular weight excluding hydrogens is 848 g/mol. The normalized spacial score (nSPS) is 12.7. The van der Waals surface area contributed by atoms with Crippen LogP contribution in [0.15, 0.2) is 48.5 Å². The molecule has 12 N–H and O–H groups in total. The zero-order valence-corrected chi connectivity index (χ0v) is 35.2. The summed E-state index contributed by atoms with van der Waals surface area (Å²) in [6, 6.07) is 9.70. The summed E-state index contributed by atoms with van der Waals surface area (Å²) in [5, 5.41) is 117. The molecule has 4 aromatic carbocycles. The van der Waals surface area contributed by atoms with Gasteiger partial charge in [0.05, 0.1) is 40.3 Å². The lowest BCUT2D eigenvalue weighted by Crippen LogP contribution is -2.29. The Balaban J connectivity index is 0.000000340. The molecule has 0 spiro atoms. The third kappa shape index (κ3) is 13.7. The molecule has 20 nitrogen and oxygen atoms in total. The molecule has 0 heterocycles. The Morgan fingerprint density at radius 1 is 0.375 bits per heavy atom. The van der Waals surface area contributed by atoms with Gasteiger partial charge in [-0.15, -0.1) is 0 Å². The van der Waals surface area contributed by atoms with E-state index in [1.807, 2.05) is 0 Å². The number of rotatable bonds is 18. The van der Waals surface area contributed by atoms with E-state index in [2.05, 4.69) is 9.47 Å². The van der Waals surface area contributed by atoms with Gasteiger partial charge in [-0.1, -0.05) is 0 Å². The smallest absolute Gasteiger partial charge is 0.309 e. The largest absolute Gasteiger partial charge is 0.504 e. The molecule has 4 rings (SSSR count). The fraction of sp³-hybridized carbons (Fsp3) is 0.364. The molecule has 0 amide bonds. The van der Waals surface area contributed by atoms with Crippen molar-refractivity contribution in [3.63, 3.8) is 0 Å². The third-order valence-electron chi connectivity index (χ3n) is 10.5. The predicted octanol–water partition coefficient (Wildman–Crippen LogP) is 4.13. The number of phenolic OH excluding ortho intramolecular Hbond substituents is 12. The minimum Gasteiger partial charge on any atom is -0.504 e. The Labute approximate surface area is 366 Å². The maximum atomic E-state index is 12.6. The van der Waals surface area contributed by atoms with Gasteiger partial charge < -0.3 is 80.2 Å². The molecule has 0 aliphatic heterocycles. The summed E-state index contributed by atoms with van der Waals surface area (Å²) in [6.07, 6.45) is 0.456. The fourth-order valence-electron chi connectivity index (χ4n) is 7.12. The number of ether oxygens (including phenoxy) is 4. The number of hydrogen-bond acceptors (Lipinski definition) is 20. The SMILES string of the molecule is COC(=O)CC[C@@H](Cc1cc(O)c(O)c(O)c1)[C@H](Cc1cc(O)c(O)c(O)c1)C(=O)OC.COC(=O)CC[C@H](Cc1cc(O)c(O)c(O)c1)[C@@H](Cc1cc(O)c(O)c(O)c1)C(=O)OC. The van der Waals surface area contributed by atoms with Crippen molar-refractivity contribution in [2.45, 2.75) is 51.4 Å². The number of aromatic hydroxyl groups is 12. The minimum atomic E-state index is -0.869. The number of hydrogen-bond donors (Lipinski definition) is 12. The first kappa shape index (κ1) is 50.7. The van der Waals surface area contributed by atoms with Crippen LogP contribution < -0.4 is 0 Å². The third-order valence-corrected chi connectivity index (χ3v) is 10.5. The monoisotopic (exact) mass is 900 g/mol. The molecule has 348 valence electrons. The quantitative estimate of drug-likeness (QED) is 0.0379. The second-order valence-corrected chi connectivity index (χ2v) is 14.8. The van der Waals surface area contributed by atoms with Gasteiger partial charge in [0.15, 0.2) is 69.0 Å². The van der Waals surface area contributed by atoms with Gasteiger partial charge in [-0.2, -0.15) is 0 Å². The first-order valence-electron chi connectivity index (χ1n) is 19.4. The van der Waals surface area contributed by atoms with Gasteiger partial charge in [-0.25, -0.2) is 0 Å². The van der Waals surface area contributed by atoms with Crippen molar-refractivity contribution in [1.29, 1.82) is 0 Å². The summed E-state index contributed by atoms with van der Waals surface area (Å²) >= 11 is 0. The van der Waals surface area contributed by atoms with Gasteiger partial charge in [0.1, 0.15) is 0 Å². The molecule has 4 atom stereocenters. The summed E-state index contributed by atoms with van der Waals surface area (Å²) in [5.41, 5.74) is 1.43. The fourth-order valence-corrected chi connectivity index (χ4v) is 7.12. The highest BCUT2D eigenvalue weighted by Gasteiger charge is 2.33. The first-order valence-corrected chi connectivity index (χ1v) is 19.4. The summed E-state index contributed by atoms with van der Waals surface area (Å²) in [7, 11) is 4.84. The number of carbonyl (C=O) groups is 4. The summed E-state index contributed by atoms with van der Waals surface area (Å²) in [6.45, 7) is 0. The molecule has 0 aliphatic rings. The molecular formula is C44H52O20. The Bertz CT molecular complexity index is 2040. The van der Waals surface area contributed by atoms with E-state index < -0.39 is 117 Å². The van der Waals surface area contributed by atoms with Crippen LogP contribution in [0.4, 0.5) is 0 Å². The number of phenols is 12. The molecule has 0 saturated carbocycles. The van der Waals surface area contributed by atoms with Crippen molar-refractivity contribution >= 4 is 23.9 Å². The molecule has 0 bridgehead atoms. The van der Waals surface area contributed by atoms with E-state index in [9.17, 15) is 80.5 Å². The Morgan fingerprint density at radius 2 is 0.594 bits per heavy atom. The van der Waals surface area contributed by atoms with Crippen LogP contribution in [0.2, 0.25) is 0 Å². The van der Waals surface area contributed by atoms with Crippen molar-refractivity contribution in [1.82, 2.24) is 0 Å². The molecule has 0 aromatic heterocycles. The van der Waals surface area contributed by atoms with Crippen molar-refractivity contribution < 1.29 is 99.4 Å². The predicted molar refractivity (Wildman–Crippen MR) is 221 cm³/mol. The van der Waals surface area contributed by atoms with Crippen LogP contribution in [-0.4, -0.2) is 114 Å². The van der Waals surface area contributed by atoms with E-state index in [0.717, 1.165) is 0 Å². The van der Waals surface area contributed by atoms with Crippen LogP contribution in [0.1, 0.15) is 47.9 Å². The number of methoxy groups -OCH3 is 4. The molecule has 4 aromatic rings. The van der Waals surface area contributed by atoms with Gasteiger partial charge in [-0.3, -0.25) is 19.2 Å². The highest BCUT2D eigenvalue weighted by atomic mass is 16.5. The van der Waals surface area contributed by atoms with E-state index in [1.165, 1.54) is 77.0 Å². The lowest BCUT2D eigenvalue weighted by molar-refractivity contribution is -0.149. The van der Waals surface area contributed by atoms with Gasteiger partial charge in [0.2, 0.25) is 0 Å². The van der Waals surface area contributed by atoms with Crippen molar-refractivity contribution in [2.24, 2.45) is 23.7 Å². The topological polar surface area (TPSA) is 348 Å². The van der Waals surface area contributed by atoms with Crippen LogP contribution in [0.5, 0.6) is 69.0 Å². The zero-order valence-electron chi connectivity index (χ0n) is 35.2. The van der Waals surface area contributed by atoms with E-state index in [4.69, 9.17) is 9.47 Å². The standard InChI is InChI=1S/2C22H26O10/c2*1-31-19(27)4-3-13(5-11-7-15(23)20(28)16(24)8-11)14(22(30)32-2)6-12-9-17(25)21(29)18(26)10-12/h2*7-10,13-14,23-26,28-29H,3-6H2,1-2H3/t2*13-,14-/m10/s1. The van der Waals surface area contributed by atoms with Crippen molar-refractivity contribution in [3.8, 4) is 69.0 Å². The average Bonchev–Trinajstić information content (AvgIpc) is 3.26. The maximum Gasteiger partial charge on any atom is 0.309 e. The number of benzene rings is 4. The van der Waals surface area contributed by atoms with Crippen LogP contribution in [-0.2, 0) is 63.8 Å². The van der Waals surface area contributed by atoms with Crippen LogP contribution >= 0.6 is 0 Å². The van der Waals surface area contributed by atoms with Gasteiger partial charge >= 0.3 is 23.9 Å². The summed E-state index contributed by atoms with van der Waals surface area (Å²) in [5.74, 6) is -12.3. The zero-order chi connectivity index (χ0) is 48.0. The highest BCUT2D eigenvalue weighted by molar-refractivity contribution is 5.75. The molecule has 0 aliphatic carbocycles. The lowest BCUT2D eigenvalue weighted by atomic mass is 9.80. The molecule has 64 heavy (non-hydrogen) atoms. The summed E-state index contributed by atoms with van der Waals surface area (Å²) < 4.78 is 19.2. The summed E-state index contributed by atoms with van der Waals surface area (Å²) in [4.78, 5) is 48.7. The van der Waals surface area contributed by atoms with E-state index in [1.54, 1.807) is 0 Å². The number of esters is 4. The van der Waals surface area contributed by atoms with Crippen molar-refractivity contribution in [3.05, 3.63) is 70.8 Å². The average molecular weight is 901 g/mol. The van der Waals surface area contributed by atoms with Crippen LogP contribution in [0.25, 0.3) is 0 Å². The maximum absolute atomic E-state index is 12.6. The molecule has 0 radical (unpaired) electrons. The van der Waals surface area contributed by atoms with Crippen LogP contribution in [0, 0.1) is 23.7 Å². The molecule has 0 fully saturated rings. The second kappa shape index (κ2) is 23.0.